The maximum atomic E-state index is 14.0. The Hall–Kier alpha value is -3.58. The van der Waals surface area contributed by atoms with Gasteiger partial charge in [-0.2, -0.15) is 0 Å². The lowest BCUT2D eigenvalue weighted by atomic mass is 9.84. The third kappa shape index (κ3) is 11.9. The van der Waals surface area contributed by atoms with Gasteiger partial charge in [0.2, 0.25) is 11.8 Å². The number of rotatable bonds is 17. The molecule has 0 aliphatic heterocycles. The molecular formula is C36H51N3O4. The van der Waals surface area contributed by atoms with Crippen molar-refractivity contribution in [3.63, 3.8) is 0 Å². The zero-order chi connectivity index (χ0) is 31.2. The van der Waals surface area contributed by atoms with Crippen LogP contribution in [0.5, 0.6) is 5.75 Å². The molecule has 0 aliphatic rings. The summed E-state index contributed by atoms with van der Waals surface area (Å²) in [5.41, 5.74) is 3.34. The molecule has 1 unspecified atom stereocenters. The number of methoxy groups -OCH3 is 1. The fourth-order valence-corrected chi connectivity index (χ4v) is 5.55. The number of amides is 2. The lowest BCUT2D eigenvalue weighted by molar-refractivity contribution is -0.142. The van der Waals surface area contributed by atoms with Crippen molar-refractivity contribution in [3.8, 4) is 5.75 Å². The van der Waals surface area contributed by atoms with Gasteiger partial charge in [-0.05, 0) is 66.5 Å². The SMILES string of the molecule is CCOCCCN(CC(=O)N(Cc1ccccc1)Cc1cccn1Cc1cccc(OC)c1)C(=O)CC(C)CC(C)(C)C. The first-order valence-electron chi connectivity index (χ1n) is 15.5. The van der Waals surface area contributed by atoms with Crippen LogP contribution >= 0.6 is 0 Å². The third-order valence-corrected chi connectivity index (χ3v) is 7.42. The van der Waals surface area contributed by atoms with Gasteiger partial charge in [0, 0.05) is 51.2 Å². The second-order valence-corrected chi connectivity index (χ2v) is 12.7. The number of benzene rings is 2. The van der Waals surface area contributed by atoms with Gasteiger partial charge in [-0.15, -0.1) is 0 Å². The van der Waals surface area contributed by atoms with E-state index >= 15 is 0 Å². The Balaban J connectivity index is 1.80. The monoisotopic (exact) mass is 589 g/mol. The first-order valence-corrected chi connectivity index (χ1v) is 15.5. The van der Waals surface area contributed by atoms with Crippen molar-refractivity contribution >= 4 is 11.8 Å². The molecule has 7 heteroatoms. The van der Waals surface area contributed by atoms with Crippen LogP contribution in [0, 0.1) is 11.3 Å². The lowest BCUT2D eigenvalue weighted by Crippen LogP contribution is -2.43. The number of hydrogen-bond acceptors (Lipinski definition) is 4. The van der Waals surface area contributed by atoms with E-state index in [4.69, 9.17) is 9.47 Å². The Kier molecular flexibility index (Phi) is 13.3. The molecule has 1 atom stereocenters. The number of carbonyl (C=O) groups excluding carboxylic acids is 2. The van der Waals surface area contributed by atoms with Gasteiger partial charge in [0.05, 0.1) is 20.2 Å². The molecule has 0 fully saturated rings. The highest BCUT2D eigenvalue weighted by Gasteiger charge is 2.25. The van der Waals surface area contributed by atoms with Gasteiger partial charge >= 0.3 is 0 Å². The van der Waals surface area contributed by atoms with Gasteiger partial charge in [0.25, 0.3) is 0 Å². The zero-order valence-corrected chi connectivity index (χ0v) is 27.1. The van der Waals surface area contributed by atoms with Crippen LogP contribution in [0.4, 0.5) is 0 Å². The van der Waals surface area contributed by atoms with Crippen LogP contribution in [0.2, 0.25) is 0 Å². The molecule has 0 N–H and O–H groups in total. The second-order valence-electron chi connectivity index (χ2n) is 12.7. The number of nitrogens with zero attached hydrogens (tertiary/aromatic N) is 3. The summed E-state index contributed by atoms with van der Waals surface area (Å²) in [5.74, 6) is 1.02. The van der Waals surface area contributed by atoms with Crippen LogP contribution in [0.15, 0.2) is 72.9 Å². The van der Waals surface area contributed by atoms with Crippen molar-refractivity contribution < 1.29 is 19.1 Å². The highest BCUT2D eigenvalue weighted by molar-refractivity contribution is 5.85. The highest BCUT2D eigenvalue weighted by atomic mass is 16.5. The Bertz CT molecular complexity index is 1260. The number of ether oxygens (including phenoxy) is 2. The summed E-state index contributed by atoms with van der Waals surface area (Å²) in [6.45, 7) is 14.0. The minimum absolute atomic E-state index is 0.0302. The standard InChI is InChI=1S/C36H51N3O4/c1-7-43-21-13-20-38(34(40)22-29(2)24-36(3,4)5)28-35(41)39(25-30-14-9-8-10-15-30)27-32-17-12-19-37(32)26-31-16-11-18-33(23-31)42-6/h8-12,14-19,23,29H,7,13,20-22,24-28H2,1-6H3. The molecule has 1 heterocycles. The Morgan fingerprint density at radius 3 is 2.35 bits per heavy atom. The predicted octanol–water partition coefficient (Wildman–Crippen LogP) is 6.79. The number of carbonyl (C=O) groups is 2. The van der Waals surface area contributed by atoms with Crippen molar-refractivity contribution in [2.45, 2.75) is 73.5 Å². The molecule has 234 valence electrons. The van der Waals surface area contributed by atoms with Gasteiger partial charge in [-0.25, -0.2) is 0 Å². The maximum Gasteiger partial charge on any atom is 0.242 e. The molecular weight excluding hydrogens is 538 g/mol. The summed E-state index contributed by atoms with van der Waals surface area (Å²) in [6.07, 6.45) is 4.12. The van der Waals surface area contributed by atoms with E-state index in [-0.39, 0.29) is 29.7 Å². The highest BCUT2D eigenvalue weighted by Crippen LogP contribution is 2.26. The van der Waals surface area contributed by atoms with E-state index in [1.54, 1.807) is 12.0 Å². The van der Waals surface area contributed by atoms with E-state index in [0.717, 1.165) is 29.0 Å². The van der Waals surface area contributed by atoms with Crippen LogP contribution in [0.25, 0.3) is 0 Å². The van der Waals surface area contributed by atoms with E-state index in [9.17, 15) is 9.59 Å². The van der Waals surface area contributed by atoms with Gasteiger partial charge in [0.15, 0.2) is 0 Å². The van der Waals surface area contributed by atoms with Crippen LogP contribution in [-0.2, 0) is 34.0 Å². The number of hydrogen-bond donors (Lipinski definition) is 0. The molecule has 0 saturated heterocycles. The summed E-state index contributed by atoms with van der Waals surface area (Å²) in [4.78, 5) is 31.2. The topological polar surface area (TPSA) is 64.0 Å². The molecule has 7 nitrogen and oxygen atoms in total. The van der Waals surface area contributed by atoms with Crippen molar-refractivity contribution in [3.05, 3.63) is 89.7 Å². The smallest absolute Gasteiger partial charge is 0.242 e. The van der Waals surface area contributed by atoms with Crippen LogP contribution in [0.3, 0.4) is 0 Å². The molecule has 1 aromatic heterocycles. The summed E-state index contributed by atoms with van der Waals surface area (Å²) in [7, 11) is 1.67. The van der Waals surface area contributed by atoms with E-state index in [2.05, 4.69) is 44.4 Å². The third-order valence-electron chi connectivity index (χ3n) is 7.42. The normalized spacial score (nSPS) is 12.1. The summed E-state index contributed by atoms with van der Waals surface area (Å²) >= 11 is 0. The van der Waals surface area contributed by atoms with Crippen molar-refractivity contribution in [1.82, 2.24) is 14.4 Å². The molecule has 0 spiro atoms. The molecule has 3 aromatic rings. The van der Waals surface area contributed by atoms with Crippen LogP contribution in [0.1, 0.15) is 70.7 Å². The minimum Gasteiger partial charge on any atom is -0.497 e. The molecule has 2 amide bonds. The van der Waals surface area contributed by atoms with E-state index < -0.39 is 0 Å². The van der Waals surface area contributed by atoms with E-state index in [1.807, 2.05) is 72.6 Å². The Morgan fingerprint density at radius 1 is 0.907 bits per heavy atom. The van der Waals surface area contributed by atoms with Crippen molar-refractivity contribution in [2.24, 2.45) is 11.3 Å². The summed E-state index contributed by atoms with van der Waals surface area (Å²) < 4.78 is 13.1. The average molecular weight is 590 g/mol. The first kappa shape index (κ1) is 33.9. The molecule has 3 rings (SSSR count). The van der Waals surface area contributed by atoms with Crippen LogP contribution < -0.4 is 4.74 Å². The molecule has 2 aromatic carbocycles. The largest absolute Gasteiger partial charge is 0.497 e. The molecule has 0 bridgehead atoms. The van der Waals surface area contributed by atoms with Gasteiger partial charge in [-0.1, -0.05) is 70.2 Å². The van der Waals surface area contributed by atoms with Crippen molar-refractivity contribution in [2.75, 3.05) is 33.4 Å². The predicted molar refractivity (Wildman–Crippen MR) is 173 cm³/mol. The molecule has 0 aliphatic carbocycles. The van der Waals surface area contributed by atoms with Gasteiger partial charge < -0.3 is 23.8 Å². The van der Waals surface area contributed by atoms with Crippen molar-refractivity contribution in [1.29, 1.82) is 0 Å². The van der Waals surface area contributed by atoms with Gasteiger partial charge in [-0.3, -0.25) is 9.59 Å². The lowest BCUT2D eigenvalue weighted by Gasteiger charge is -2.30. The summed E-state index contributed by atoms with van der Waals surface area (Å²) in [6, 6.07) is 22.1. The average Bonchev–Trinajstić information content (AvgIpc) is 3.39. The fraction of sp³-hybridized carbons (Fsp3) is 0.500. The first-order chi connectivity index (χ1) is 20.6. The Labute approximate surface area is 258 Å². The summed E-state index contributed by atoms with van der Waals surface area (Å²) in [5, 5.41) is 0. The number of aromatic nitrogens is 1. The second kappa shape index (κ2) is 16.9. The quantitative estimate of drug-likeness (QED) is 0.163. The molecule has 0 radical (unpaired) electrons. The van der Waals surface area contributed by atoms with Crippen LogP contribution in [-0.4, -0.2) is 59.6 Å². The van der Waals surface area contributed by atoms with E-state index in [1.165, 1.54) is 0 Å². The minimum atomic E-state index is -0.0637. The molecule has 0 saturated carbocycles. The maximum absolute atomic E-state index is 14.0. The van der Waals surface area contributed by atoms with Gasteiger partial charge in [0.1, 0.15) is 5.75 Å². The molecule has 43 heavy (non-hydrogen) atoms. The van der Waals surface area contributed by atoms with E-state index in [0.29, 0.717) is 52.2 Å². The zero-order valence-electron chi connectivity index (χ0n) is 27.1. The fourth-order valence-electron chi connectivity index (χ4n) is 5.55. The Morgan fingerprint density at radius 2 is 1.65 bits per heavy atom.